The molecule has 1 nitrogen and oxygen atoms in total. The van der Waals surface area contributed by atoms with E-state index in [0.29, 0.717) is 6.42 Å². The highest BCUT2D eigenvalue weighted by Crippen LogP contribution is 2.07. The summed E-state index contributed by atoms with van der Waals surface area (Å²) in [5.41, 5.74) is 0.833. The second-order valence-electron chi connectivity index (χ2n) is 2.74. The molecule has 0 amide bonds. The maximum Gasteiger partial charge on any atom is 0.163 e. The number of carbonyl (C=O) groups excluding carboxylic acids is 1. The lowest BCUT2D eigenvalue weighted by molar-refractivity contribution is 0.0989. The lowest BCUT2D eigenvalue weighted by Crippen LogP contribution is -1.99. The van der Waals surface area contributed by atoms with Crippen LogP contribution in [0.5, 0.6) is 0 Å². The van der Waals surface area contributed by atoms with Crippen LogP contribution in [0.1, 0.15) is 23.7 Å². The van der Waals surface area contributed by atoms with Crippen LogP contribution in [0.15, 0.2) is 30.3 Å². The molecule has 0 aromatic heterocycles. The maximum absolute atomic E-state index is 11.5. The zero-order valence-corrected chi connectivity index (χ0v) is 8.64. The number of rotatable bonds is 5. The van der Waals surface area contributed by atoms with Crippen LogP contribution in [0.4, 0.5) is 0 Å². The minimum absolute atomic E-state index is 0.251. The summed E-state index contributed by atoms with van der Waals surface area (Å²) in [6.45, 7) is 2.11. The van der Waals surface area contributed by atoms with E-state index < -0.39 is 0 Å². The summed E-state index contributed by atoms with van der Waals surface area (Å²) in [4.78, 5) is 11.5. The Kier molecular flexibility index (Phi) is 4.61. The topological polar surface area (TPSA) is 17.1 Å². The van der Waals surface area contributed by atoms with E-state index in [-0.39, 0.29) is 5.78 Å². The Balaban J connectivity index is 2.40. The molecule has 1 aromatic rings. The molecule has 0 aliphatic carbocycles. The first kappa shape index (κ1) is 10.3. The van der Waals surface area contributed by atoms with Gasteiger partial charge in [0.1, 0.15) is 0 Å². The molecule has 0 aliphatic heterocycles. The average Bonchev–Trinajstić information content (AvgIpc) is 2.19. The number of carbonyl (C=O) groups is 1. The van der Waals surface area contributed by atoms with E-state index in [1.165, 1.54) is 0 Å². The molecule has 0 saturated heterocycles. The highest BCUT2D eigenvalue weighted by Gasteiger charge is 2.03. The molecule has 1 rings (SSSR count). The van der Waals surface area contributed by atoms with E-state index in [1.54, 1.807) is 0 Å². The van der Waals surface area contributed by atoms with Crippen LogP contribution in [-0.4, -0.2) is 17.3 Å². The van der Waals surface area contributed by atoms with Crippen molar-refractivity contribution in [1.29, 1.82) is 0 Å². The molecule has 0 bridgehead atoms. The van der Waals surface area contributed by atoms with Crippen molar-refractivity contribution < 1.29 is 4.79 Å². The fourth-order valence-electron chi connectivity index (χ4n) is 1.08. The first-order chi connectivity index (χ1) is 6.34. The smallest absolute Gasteiger partial charge is 0.163 e. The number of hydrogen-bond acceptors (Lipinski definition) is 2. The molecule has 0 saturated carbocycles. The van der Waals surface area contributed by atoms with Crippen LogP contribution in [0.2, 0.25) is 0 Å². The summed E-state index contributed by atoms with van der Waals surface area (Å²) in [6.07, 6.45) is 0.655. The first-order valence-corrected chi connectivity index (χ1v) is 5.66. The largest absolute Gasteiger partial charge is 0.294 e. The number of thioether (sulfide) groups is 1. The van der Waals surface area contributed by atoms with E-state index in [0.717, 1.165) is 17.1 Å². The van der Waals surface area contributed by atoms with E-state index in [2.05, 4.69) is 6.92 Å². The van der Waals surface area contributed by atoms with E-state index in [4.69, 9.17) is 0 Å². The molecule has 1 aromatic carbocycles. The molecular formula is C11H14OS. The van der Waals surface area contributed by atoms with Gasteiger partial charge in [-0.25, -0.2) is 0 Å². The third-order valence-electron chi connectivity index (χ3n) is 1.77. The van der Waals surface area contributed by atoms with Crippen molar-refractivity contribution >= 4 is 17.5 Å². The average molecular weight is 194 g/mol. The monoisotopic (exact) mass is 194 g/mol. The van der Waals surface area contributed by atoms with Gasteiger partial charge in [-0.15, -0.1) is 0 Å². The molecule has 0 aliphatic rings. The summed E-state index contributed by atoms with van der Waals surface area (Å²) < 4.78 is 0. The normalized spacial score (nSPS) is 9.92. The minimum Gasteiger partial charge on any atom is -0.294 e. The lowest BCUT2D eigenvalue weighted by atomic mass is 10.1. The summed E-state index contributed by atoms with van der Waals surface area (Å²) in [5, 5.41) is 0. The number of Topliss-reactive ketones (excluding diaryl/α,β-unsaturated/α-hetero) is 1. The molecule has 0 spiro atoms. The second-order valence-corrected chi connectivity index (χ2v) is 4.13. The van der Waals surface area contributed by atoms with Crippen LogP contribution in [0.3, 0.4) is 0 Å². The van der Waals surface area contributed by atoms with Crippen molar-refractivity contribution in [3.05, 3.63) is 35.9 Å². The van der Waals surface area contributed by atoms with Gasteiger partial charge in [0.15, 0.2) is 5.78 Å². The molecule has 0 atom stereocenters. The second kappa shape index (κ2) is 5.81. The predicted molar refractivity (Wildman–Crippen MR) is 58.4 cm³/mol. The third-order valence-corrected chi connectivity index (χ3v) is 2.67. The highest BCUT2D eigenvalue weighted by molar-refractivity contribution is 7.99. The van der Waals surface area contributed by atoms with Gasteiger partial charge >= 0.3 is 0 Å². The maximum atomic E-state index is 11.5. The van der Waals surface area contributed by atoms with Crippen LogP contribution in [0, 0.1) is 0 Å². The summed E-state index contributed by atoms with van der Waals surface area (Å²) in [6, 6.07) is 9.48. The lowest BCUT2D eigenvalue weighted by Gasteiger charge is -1.99. The summed E-state index contributed by atoms with van der Waals surface area (Å²) in [7, 11) is 0. The Labute approximate surface area is 83.5 Å². The third kappa shape index (κ3) is 3.64. The number of benzene rings is 1. The van der Waals surface area contributed by atoms with Gasteiger partial charge in [-0.1, -0.05) is 37.3 Å². The molecule has 0 heterocycles. The predicted octanol–water partition coefficient (Wildman–Crippen LogP) is 3.01. The van der Waals surface area contributed by atoms with Gasteiger partial charge in [-0.05, 0) is 5.75 Å². The van der Waals surface area contributed by atoms with Crippen LogP contribution >= 0.6 is 11.8 Å². The summed E-state index contributed by atoms with van der Waals surface area (Å²) in [5.74, 6) is 2.27. The van der Waals surface area contributed by atoms with Crippen molar-refractivity contribution in [2.24, 2.45) is 0 Å². The Morgan fingerprint density at radius 3 is 2.62 bits per heavy atom. The molecule has 13 heavy (non-hydrogen) atoms. The fraction of sp³-hybridized carbons (Fsp3) is 0.364. The van der Waals surface area contributed by atoms with Crippen molar-refractivity contribution in [2.45, 2.75) is 13.3 Å². The number of hydrogen-bond donors (Lipinski definition) is 0. The van der Waals surface area contributed by atoms with Crippen molar-refractivity contribution in [1.82, 2.24) is 0 Å². The van der Waals surface area contributed by atoms with Gasteiger partial charge in [-0.2, -0.15) is 11.8 Å². The molecule has 0 fully saturated rings. The van der Waals surface area contributed by atoms with E-state index >= 15 is 0 Å². The Hall–Kier alpha value is -0.760. The molecule has 0 unspecified atom stereocenters. The van der Waals surface area contributed by atoms with Crippen LogP contribution < -0.4 is 0 Å². The van der Waals surface area contributed by atoms with Gasteiger partial charge in [0.25, 0.3) is 0 Å². The van der Waals surface area contributed by atoms with Crippen molar-refractivity contribution in [2.75, 3.05) is 11.5 Å². The van der Waals surface area contributed by atoms with Gasteiger partial charge in [0.05, 0.1) is 0 Å². The molecule has 0 radical (unpaired) electrons. The van der Waals surface area contributed by atoms with Gasteiger partial charge in [0.2, 0.25) is 0 Å². The van der Waals surface area contributed by atoms with Crippen LogP contribution in [0.25, 0.3) is 0 Å². The van der Waals surface area contributed by atoms with Gasteiger partial charge in [0, 0.05) is 17.7 Å². The van der Waals surface area contributed by atoms with Gasteiger partial charge < -0.3 is 0 Å². The van der Waals surface area contributed by atoms with Crippen molar-refractivity contribution in [3.63, 3.8) is 0 Å². The molecular weight excluding hydrogens is 180 g/mol. The molecule has 2 heteroatoms. The Morgan fingerprint density at radius 2 is 2.00 bits per heavy atom. The summed E-state index contributed by atoms with van der Waals surface area (Å²) >= 11 is 1.81. The first-order valence-electron chi connectivity index (χ1n) is 4.50. The van der Waals surface area contributed by atoms with Crippen LogP contribution in [-0.2, 0) is 0 Å². The standard InChI is InChI=1S/C11H14OS/c1-2-13-9-8-11(12)10-6-4-3-5-7-10/h3-7H,2,8-9H2,1H3. The zero-order valence-electron chi connectivity index (χ0n) is 7.82. The Morgan fingerprint density at radius 1 is 1.31 bits per heavy atom. The highest BCUT2D eigenvalue weighted by atomic mass is 32.2. The van der Waals surface area contributed by atoms with E-state index in [1.807, 2.05) is 42.1 Å². The number of ketones is 1. The quantitative estimate of drug-likeness (QED) is 0.529. The van der Waals surface area contributed by atoms with Crippen molar-refractivity contribution in [3.8, 4) is 0 Å². The molecule has 70 valence electrons. The minimum atomic E-state index is 0.251. The zero-order chi connectivity index (χ0) is 9.52. The van der Waals surface area contributed by atoms with Gasteiger partial charge in [-0.3, -0.25) is 4.79 Å². The molecule has 0 N–H and O–H groups in total. The van der Waals surface area contributed by atoms with E-state index in [9.17, 15) is 4.79 Å². The SMILES string of the molecule is CCSCCC(=O)c1ccccc1. The Bertz CT molecular complexity index is 256. The fourth-order valence-corrected chi connectivity index (χ4v) is 1.70.